The van der Waals surface area contributed by atoms with Crippen molar-refractivity contribution in [3.8, 4) is 5.75 Å². The van der Waals surface area contributed by atoms with Crippen LogP contribution in [-0.4, -0.2) is 44.3 Å². The fraction of sp³-hybridized carbons (Fsp3) is 0.346. The molecular weight excluding hydrogens is 437 g/mol. The molecule has 0 bridgehead atoms. The molecule has 1 N–H and O–H groups in total. The van der Waals surface area contributed by atoms with Gasteiger partial charge in [0.05, 0.1) is 11.8 Å². The molecule has 1 aliphatic heterocycles. The minimum Gasteiger partial charge on any atom is -0.487 e. The van der Waals surface area contributed by atoms with Crippen LogP contribution < -0.4 is 10.3 Å². The van der Waals surface area contributed by atoms with Gasteiger partial charge in [-0.05, 0) is 31.4 Å². The van der Waals surface area contributed by atoms with Gasteiger partial charge in [0.2, 0.25) is 0 Å². The van der Waals surface area contributed by atoms with Crippen LogP contribution in [0.15, 0.2) is 65.6 Å². The molecule has 0 radical (unpaired) electrons. The highest BCUT2D eigenvalue weighted by Gasteiger charge is 2.27. The maximum Gasteiger partial charge on any atom is 0.270 e. The molecule has 4 rings (SSSR count). The highest BCUT2D eigenvalue weighted by molar-refractivity contribution is 5.95. The fourth-order valence-corrected chi connectivity index (χ4v) is 3.87. The number of ether oxygens (including phenoxy) is 1. The van der Waals surface area contributed by atoms with Crippen molar-refractivity contribution in [2.45, 2.75) is 45.1 Å². The highest BCUT2D eigenvalue weighted by atomic mass is 19.1. The molecule has 0 atom stereocenters. The second kappa shape index (κ2) is 10.3. The average molecular weight is 466 g/mol. The highest BCUT2D eigenvalue weighted by Crippen LogP contribution is 2.23. The van der Waals surface area contributed by atoms with E-state index >= 15 is 0 Å². The van der Waals surface area contributed by atoms with Crippen LogP contribution in [0.5, 0.6) is 5.75 Å². The Morgan fingerprint density at radius 2 is 1.88 bits per heavy atom. The number of carbonyl (C=O) groups is 1. The first kappa shape index (κ1) is 23.8. The fourth-order valence-electron chi connectivity index (χ4n) is 3.87. The Bertz CT molecular complexity index is 1200. The molecule has 8 heteroatoms. The summed E-state index contributed by atoms with van der Waals surface area (Å²) in [5, 5.41) is 14.1. The molecular formula is C26H28FN3O4. The Labute approximate surface area is 197 Å². The molecule has 0 amide bonds. The average Bonchev–Trinajstić information content (AvgIpc) is 2.82. The lowest BCUT2D eigenvalue weighted by Gasteiger charge is -2.35. The van der Waals surface area contributed by atoms with E-state index in [1.807, 2.05) is 37.3 Å². The molecule has 34 heavy (non-hydrogen) atoms. The van der Waals surface area contributed by atoms with Crippen LogP contribution >= 0.6 is 0 Å². The number of hydrogen-bond acceptors (Lipinski definition) is 6. The zero-order chi connectivity index (χ0) is 24.1. The number of aromatic nitrogens is 2. The Morgan fingerprint density at radius 3 is 2.56 bits per heavy atom. The summed E-state index contributed by atoms with van der Waals surface area (Å²) in [6.45, 7) is 3.61. The Morgan fingerprint density at radius 1 is 1.15 bits per heavy atom. The van der Waals surface area contributed by atoms with E-state index < -0.39 is 22.8 Å². The van der Waals surface area contributed by atoms with Crippen LogP contribution in [-0.2, 0) is 19.7 Å². The molecule has 7 nitrogen and oxygen atoms in total. The van der Waals surface area contributed by atoms with Crippen molar-refractivity contribution < 1.29 is 19.0 Å². The maximum absolute atomic E-state index is 14.7. The maximum atomic E-state index is 14.7. The summed E-state index contributed by atoms with van der Waals surface area (Å²) in [5.74, 6) is -0.563. The van der Waals surface area contributed by atoms with Crippen LogP contribution in [0.1, 0.15) is 41.3 Å². The third-order valence-electron chi connectivity index (χ3n) is 6.09. The number of aliphatic hydroxyl groups is 1. The lowest BCUT2D eigenvalue weighted by atomic mass is 9.93. The monoisotopic (exact) mass is 465 g/mol. The van der Waals surface area contributed by atoms with E-state index in [4.69, 9.17) is 4.74 Å². The molecule has 0 spiro atoms. The Hall–Kier alpha value is -3.36. The molecule has 1 aliphatic rings. The van der Waals surface area contributed by atoms with E-state index in [2.05, 4.69) is 10.00 Å². The number of benzene rings is 2. The first-order valence-electron chi connectivity index (χ1n) is 11.3. The summed E-state index contributed by atoms with van der Waals surface area (Å²) in [4.78, 5) is 27.1. The van der Waals surface area contributed by atoms with Crippen molar-refractivity contribution in [2.75, 3.05) is 13.1 Å². The molecule has 0 unspecified atom stereocenters. The van der Waals surface area contributed by atoms with E-state index in [9.17, 15) is 19.1 Å². The van der Waals surface area contributed by atoms with Gasteiger partial charge in [0.1, 0.15) is 24.7 Å². The van der Waals surface area contributed by atoms with Crippen LogP contribution in [0, 0.1) is 5.82 Å². The van der Waals surface area contributed by atoms with Gasteiger partial charge in [-0.25, -0.2) is 9.07 Å². The largest absolute Gasteiger partial charge is 0.487 e. The molecule has 2 aromatic carbocycles. The van der Waals surface area contributed by atoms with Crippen LogP contribution in [0.25, 0.3) is 0 Å². The van der Waals surface area contributed by atoms with E-state index in [-0.39, 0.29) is 12.1 Å². The van der Waals surface area contributed by atoms with Crippen molar-refractivity contribution in [3.63, 3.8) is 0 Å². The lowest BCUT2D eigenvalue weighted by Crippen LogP contribution is -2.42. The first-order valence-corrected chi connectivity index (χ1v) is 11.3. The minimum atomic E-state index is -0.663. The van der Waals surface area contributed by atoms with E-state index in [1.165, 1.54) is 18.3 Å². The van der Waals surface area contributed by atoms with Gasteiger partial charge in [-0.2, -0.15) is 5.10 Å². The van der Waals surface area contributed by atoms with Gasteiger partial charge in [-0.1, -0.05) is 42.5 Å². The summed E-state index contributed by atoms with van der Waals surface area (Å²) in [7, 11) is 0. The van der Waals surface area contributed by atoms with Crippen molar-refractivity contribution >= 4 is 5.78 Å². The van der Waals surface area contributed by atoms with Crippen molar-refractivity contribution in [3.05, 3.63) is 93.7 Å². The van der Waals surface area contributed by atoms with Crippen LogP contribution in [0.2, 0.25) is 0 Å². The third-order valence-corrected chi connectivity index (χ3v) is 6.09. The molecule has 0 saturated carbocycles. The number of hydrogen-bond donors (Lipinski definition) is 1. The molecule has 1 aromatic heterocycles. The van der Waals surface area contributed by atoms with Gasteiger partial charge in [-0.3, -0.25) is 14.5 Å². The van der Waals surface area contributed by atoms with E-state index in [1.54, 1.807) is 12.1 Å². The van der Waals surface area contributed by atoms with Gasteiger partial charge < -0.3 is 9.84 Å². The molecule has 178 valence electrons. The molecule has 3 aromatic rings. The van der Waals surface area contributed by atoms with Crippen LogP contribution in [0.4, 0.5) is 4.39 Å². The normalized spacial score (nSPS) is 15.7. The topological polar surface area (TPSA) is 84.7 Å². The number of piperidine rings is 1. The summed E-state index contributed by atoms with van der Waals surface area (Å²) in [5.41, 5.74) is 0.495. The third kappa shape index (κ3) is 6.15. The molecule has 1 fully saturated rings. The number of nitrogens with zero attached hydrogens (tertiary/aromatic N) is 3. The molecule has 1 saturated heterocycles. The van der Waals surface area contributed by atoms with E-state index in [0.29, 0.717) is 50.4 Å². The zero-order valence-electron chi connectivity index (χ0n) is 19.1. The predicted octanol–water partition coefficient (Wildman–Crippen LogP) is 3.19. The minimum absolute atomic E-state index is 0.181. The van der Waals surface area contributed by atoms with Gasteiger partial charge >= 0.3 is 0 Å². The van der Waals surface area contributed by atoms with Crippen molar-refractivity contribution in [2.24, 2.45) is 0 Å². The standard InChI is InChI=1S/C26H28FN3O4/c1-26(33)9-11-29(12-10-26)16-21-8-7-20(13-23(21)27)24(31)17-30-25(32)14-22(15-28-30)34-18-19-5-3-2-4-6-19/h2-8,13-15,33H,9-12,16-18H2,1H3. The SMILES string of the molecule is CC1(O)CCN(Cc2ccc(C(=O)Cn3ncc(OCc4ccccc4)cc3=O)cc2F)CC1. The quantitative estimate of drug-likeness (QED) is 0.515. The van der Waals surface area contributed by atoms with Crippen molar-refractivity contribution in [1.29, 1.82) is 0 Å². The smallest absolute Gasteiger partial charge is 0.270 e. The summed E-state index contributed by atoms with van der Waals surface area (Å²) < 4.78 is 21.3. The zero-order valence-corrected chi connectivity index (χ0v) is 19.1. The van der Waals surface area contributed by atoms with Gasteiger partial charge in [-0.15, -0.1) is 0 Å². The number of Topliss-reactive ketones (excluding diaryl/α,β-unsaturated/α-hetero) is 1. The van der Waals surface area contributed by atoms with Gasteiger partial charge in [0, 0.05) is 36.8 Å². The van der Waals surface area contributed by atoms with E-state index in [0.717, 1.165) is 10.2 Å². The number of ketones is 1. The Kier molecular flexibility index (Phi) is 7.19. The summed E-state index contributed by atoms with van der Waals surface area (Å²) >= 11 is 0. The Balaban J connectivity index is 1.35. The number of carbonyl (C=O) groups excluding carboxylic acids is 1. The number of rotatable bonds is 8. The summed E-state index contributed by atoms with van der Waals surface area (Å²) in [6.07, 6.45) is 2.67. The summed E-state index contributed by atoms with van der Waals surface area (Å²) in [6, 6.07) is 15.2. The predicted molar refractivity (Wildman–Crippen MR) is 125 cm³/mol. The van der Waals surface area contributed by atoms with Crippen LogP contribution in [0.3, 0.4) is 0 Å². The molecule has 2 heterocycles. The first-order chi connectivity index (χ1) is 16.3. The molecule has 0 aliphatic carbocycles. The second-order valence-corrected chi connectivity index (χ2v) is 8.96. The van der Waals surface area contributed by atoms with Gasteiger partial charge in [0.15, 0.2) is 5.78 Å². The number of halogens is 1. The second-order valence-electron chi connectivity index (χ2n) is 8.96. The van der Waals surface area contributed by atoms with Crippen molar-refractivity contribution in [1.82, 2.24) is 14.7 Å². The lowest BCUT2D eigenvalue weighted by molar-refractivity contribution is -0.00750. The number of likely N-dealkylation sites (tertiary alicyclic amines) is 1. The van der Waals surface area contributed by atoms with Gasteiger partial charge in [0.25, 0.3) is 5.56 Å².